The van der Waals surface area contributed by atoms with Gasteiger partial charge in [-0.2, -0.15) is 0 Å². The van der Waals surface area contributed by atoms with Crippen molar-refractivity contribution in [3.05, 3.63) is 35.4 Å². The molecule has 2 N–H and O–H groups in total. The second kappa shape index (κ2) is 5.92. The quantitative estimate of drug-likeness (QED) is 0.841. The van der Waals surface area contributed by atoms with Crippen LogP contribution < -0.4 is 5.73 Å². The molecule has 0 bridgehead atoms. The minimum Gasteiger partial charge on any atom is -0.329 e. The lowest BCUT2D eigenvalue weighted by molar-refractivity contribution is 0.0695. The summed E-state index contributed by atoms with van der Waals surface area (Å²) in [4.78, 5) is 12.9. The number of Topliss-reactive ketones (excluding diaryl/α,β-unsaturated/α-hetero) is 1. The van der Waals surface area contributed by atoms with Gasteiger partial charge >= 0.3 is 0 Å². The molecule has 1 aliphatic rings. The molecule has 1 aromatic rings. The molecule has 2 heteroatoms. The second-order valence-electron chi connectivity index (χ2n) is 7.82. The average molecular weight is 287 g/mol. The van der Waals surface area contributed by atoms with Gasteiger partial charge in [0.05, 0.1) is 0 Å². The first-order valence-corrected chi connectivity index (χ1v) is 8.14. The number of carbonyl (C=O) groups is 1. The molecule has 0 heterocycles. The lowest BCUT2D eigenvalue weighted by atomic mass is 9.67. The highest BCUT2D eigenvalue weighted by atomic mass is 16.1. The van der Waals surface area contributed by atoms with E-state index in [-0.39, 0.29) is 16.6 Å². The summed E-state index contributed by atoms with van der Waals surface area (Å²) < 4.78 is 0. The Balaban J connectivity index is 2.22. The fraction of sp³-hybridized carbons (Fsp3) is 0.632. The van der Waals surface area contributed by atoms with Gasteiger partial charge in [0.25, 0.3) is 0 Å². The summed E-state index contributed by atoms with van der Waals surface area (Å²) in [6.07, 6.45) is 4.10. The molecule has 0 atom stereocenters. The molecule has 0 unspecified atom stereocenters. The van der Waals surface area contributed by atoms with Crippen LogP contribution in [0.4, 0.5) is 0 Å². The van der Waals surface area contributed by atoms with Gasteiger partial charge in [0.15, 0.2) is 5.78 Å². The van der Waals surface area contributed by atoms with Crippen molar-refractivity contribution in [2.75, 3.05) is 6.54 Å². The number of nitrogens with two attached hydrogens (primary N) is 1. The van der Waals surface area contributed by atoms with Crippen LogP contribution >= 0.6 is 0 Å². The van der Waals surface area contributed by atoms with Crippen molar-refractivity contribution >= 4 is 5.78 Å². The zero-order chi connectivity index (χ0) is 15.7. The third kappa shape index (κ3) is 3.37. The number of rotatable bonds is 3. The van der Waals surface area contributed by atoms with Crippen molar-refractivity contribution < 1.29 is 4.79 Å². The zero-order valence-electron chi connectivity index (χ0n) is 13.9. The third-order valence-corrected chi connectivity index (χ3v) is 5.12. The van der Waals surface area contributed by atoms with Gasteiger partial charge in [-0.15, -0.1) is 0 Å². The fourth-order valence-electron chi connectivity index (χ4n) is 3.27. The Kier molecular flexibility index (Phi) is 4.57. The normalized spacial score (nSPS) is 26.6. The lowest BCUT2D eigenvalue weighted by Crippen LogP contribution is -2.41. The van der Waals surface area contributed by atoms with Crippen LogP contribution in [0.3, 0.4) is 0 Å². The van der Waals surface area contributed by atoms with E-state index >= 15 is 0 Å². The van der Waals surface area contributed by atoms with Crippen LogP contribution in [-0.4, -0.2) is 12.3 Å². The standard InChI is InChI=1S/C19H29NO/c1-14-9-11-19(13-20,12-10-14)17(21)15-5-7-16(8-6-15)18(2,3)4/h5-8,14H,9-13,20H2,1-4H3. The van der Waals surface area contributed by atoms with Crippen LogP contribution in [0, 0.1) is 11.3 Å². The van der Waals surface area contributed by atoms with Gasteiger partial charge in [0, 0.05) is 17.5 Å². The van der Waals surface area contributed by atoms with Gasteiger partial charge in [-0.05, 0) is 42.6 Å². The van der Waals surface area contributed by atoms with E-state index in [2.05, 4.69) is 39.8 Å². The van der Waals surface area contributed by atoms with Gasteiger partial charge < -0.3 is 5.73 Å². The predicted octanol–water partition coefficient (Wildman–Crippen LogP) is 4.32. The molecule has 2 rings (SSSR count). The van der Waals surface area contributed by atoms with Crippen molar-refractivity contribution in [3.63, 3.8) is 0 Å². The van der Waals surface area contributed by atoms with Gasteiger partial charge in [-0.25, -0.2) is 0 Å². The Hall–Kier alpha value is -1.15. The molecule has 0 aliphatic heterocycles. The second-order valence-corrected chi connectivity index (χ2v) is 7.82. The molecular formula is C19H29NO. The number of hydrogen-bond donors (Lipinski definition) is 1. The Morgan fingerprint density at radius 3 is 2.14 bits per heavy atom. The first kappa shape index (κ1) is 16.2. The number of hydrogen-bond acceptors (Lipinski definition) is 2. The summed E-state index contributed by atoms with van der Waals surface area (Å²) >= 11 is 0. The fourth-order valence-corrected chi connectivity index (χ4v) is 3.27. The molecule has 1 saturated carbocycles. The number of benzene rings is 1. The Morgan fingerprint density at radius 2 is 1.71 bits per heavy atom. The first-order valence-electron chi connectivity index (χ1n) is 8.14. The predicted molar refractivity (Wildman–Crippen MR) is 88.6 cm³/mol. The van der Waals surface area contributed by atoms with Crippen LogP contribution in [0.5, 0.6) is 0 Å². The van der Waals surface area contributed by atoms with Gasteiger partial charge in [0.2, 0.25) is 0 Å². The molecule has 0 radical (unpaired) electrons. The minimum absolute atomic E-state index is 0.118. The van der Waals surface area contributed by atoms with Crippen molar-refractivity contribution in [1.82, 2.24) is 0 Å². The van der Waals surface area contributed by atoms with Crippen molar-refractivity contribution in [3.8, 4) is 0 Å². The van der Waals surface area contributed by atoms with Gasteiger partial charge in [-0.3, -0.25) is 4.79 Å². The molecule has 1 aromatic carbocycles. The lowest BCUT2D eigenvalue weighted by Gasteiger charge is -2.37. The van der Waals surface area contributed by atoms with Crippen molar-refractivity contribution in [1.29, 1.82) is 0 Å². The maximum atomic E-state index is 12.9. The van der Waals surface area contributed by atoms with Crippen LogP contribution in [0.25, 0.3) is 0 Å². The van der Waals surface area contributed by atoms with Crippen LogP contribution in [-0.2, 0) is 5.41 Å². The molecule has 0 saturated heterocycles. The largest absolute Gasteiger partial charge is 0.329 e. The van der Waals surface area contributed by atoms with Crippen LogP contribution in [0.15, 0.2) is 24.3 Å². The molecule has 116 valence electrons. The topological polar surface area (TPSA) is 43.1 Å². The van der Waals surface area contributed by atoms with Crippen LogP contribution in [0.2, 0.25) is 0 Å². The Morgan fingerprint density at radius 1 is 1.19 bits per heavy atom. The summed E-state index contributed by atoms with van der Waals surface area (Å²) in [5, 5.41) is 0. The summed E-state index contributed by atoms with van der Waals surface area (Å²) in [6.45, 7) is 9.30. The molecule has 1 aliphatic carbocycles. The summed E-state index contributed by atoms with van der Waals surface area (Å²) in [6, 6.07) is 8.14. The minimum atomic E-state index is -0.324. The molecule has 0 amide bonds. The van der Waals surface area contributed by atoms with E-state index in [4.69, 9.17) is 5.73 Å². The maximum Gasteiger partial charge on any atom is 0.170 e. The molecule has 21 heavy (non-hydrogen) atoms. The van der Waals surface area contributed by atoms with E-state index < -0.39 is 0 Å². The van der Waals surface area contributed by atoms with Gasteiger partial charge in [-0.1, -0.05) is 52.0 Å². The van der Waals surface area contributed by atoms with E-state index in [0.717, 1.165) is 37.2 Å². The summed E-state index contributed by atoms with van der Waals surface area (Å²) in [5.74, 6) is 0.970. The van der Waals surface area contributed by atoms with E-state index in [9.17, 15) is 4.79 Å². The van der Waals surface area contributed by atoms with Gasteiger partial charge in [0.1, 0.15) is 0 Å². The van der Waals surface area contributed by atoms with Crippen LogP contribution in [0.1, 0.15) is 69.3 Å². The first-order chi connectivity index (χ1) is 9.78. The van der Waals surface area contributed by atoms with E-state index in [0.29, 0.717) is 6.54 Å². The molecule has 1 fully saturated rings. The smallest absolute Gasteiger partial charge is 0.170 e. The van der Waals surface area contributed by atoms with Crippen molar-refractivity contribution in [2.45, 2.75) is 58.8 Å². The Bertz CT molecular complexity index is 487. The SMILES string of the molecule is CC1CCC(CN)(C(=O)c2ccc(C(C)(C)C)cc2)CC1. The van der Waals surface area contributed by atoms with E-state index in [1.165, 1.54) is 5.56 Å². The molecular weight excluding hydrogens is 258 g/mol. The summed E-state index contributed by atoms with van der Waals surface area (Å²) in [5.41, 5.74) is 7.88. The summed E-state index contributed by atoms with van der Waals surface area (Å²) in [7, 11) is 0. The average Bonchev–Trinajstić information content (AvgIpc) is 2.47. The molecule has 2 nitrogen and oxygen atoms in total. The van der Waals surface area contributed by atoms with E-state index in [1.807, 2.05) is 12.1 Å². The van der Waals surface area contributed by atoms with Crippen molar-refractivity contribution in [2.24, 2.45) is 17.1 Å². The zero-order valence-corrected chi connectivity index (χ0v) is 13.9. The Labute approximate surface area is 129 Å². The van der Waals surface area contributed by atoms with E-state index in [1.54, 1.807) is 0 Å². The third-order valence-electron chi connectivity index (χ3n) is 5.12. The number of ketones is 1. The monoisotopic (exact) mass is 287 g/mol. The molecule has 0 aromatic heterocycles. The highest BCUT2D eigenvalue weighted by molar-refractivity contribution is 6.00. The maximum absolute atomic E-state index is 12.9. The molecule has 0 spiro atoms. The highest BCUT2D eigenvalue weighted by Gasteiger charge is 2.40. The highest BCUT2D eigenvalue weighted by Crippen LogP contribution is 2.40. The number of carbonyl (C=O) groups excluding carboxylic acids is 1.